The summed E-state index contributed by atoms with van der Waals surface area (Å²) in [4.78, 5) is 14.9. The number of nitro benzene ring substituents is 1. The lowest BCUT2D eigenvalue weighted by molar-refractivity contribution is -0.384. The number of fused-ring (bicyclic) bond motifs is 1. The molecule has 0 amide bonds. The van der Waals surface area contributed by atoms with Gasteiger partial charge < -0.3 is 24.8 Å². The van der Waals surface area contributed by atoms with Crippen LogP contribution in [0.1, 0.15) is 11.1 Å². The number of aliphatic imine (C=N–C) groups is 1. The van der Waals surface area contributed by atoms with Crippen molar-refractivity contribution in [3.63, 3.8) is 0 Å². The number of nitrogens with zero attached hydrogens (tertiary/aromatic N) is 2. The molecule has 0 saturated carbocycles. The Morgan fingerprint density at radius 3 is 2.53 bits per heavy atom. The number of ether oxygens (including phenoxy) is 3. The van der Waals surface area contributed by atoms with Gasteiger partial charge in [0.1, 0.15) is 0 Å². The smallest absolute Gasteiger partial charge is 0.269 e. The van der Waals surface area contributed by atoms with Crippen LogP contribution in [0.4, 0.5) is 5.69 Å². The predicted octanol–water partition coefficient (Wildman–Crippen LogP) is 2.87. The maximum atomic E-state index is 10.8. The van der Waals surface area contributed by atoms with E-state index in [0.717, 1.165) is 29.0 Å². The molecule has 3 rings (SSSR count). The highest BCUT2D eigenvalue weighted by Gasteiger charge is 2.13. The van der Waals surface area contributed by atoms with Gasteiger partial charge >= 0.3 is 0 Å². The molecule has 0 atom stereocenters. The van der Waals surface area contributed by atoms with Crippen LogP contribution in [0, 0.1) is 10.1 Å². The van der Waals surface area contributed by atoms with Gasteiger partial charge in [0.05, 0.1) is 18.1 Å². The Hall–Kier alpha value is -2.60. The SMILES string of the molecule is COCCNC(=NCc1ccc([N+](=O)[O-])cc1)NCCc1ccc2c(c1)OCO2.I. The molecule has 2 N–H and O–H groups in total. The minimum absolute atomic E-state index is 0. The number of guanidine groups is 1. The molecular formula is C20H25IN4O5. The zero-order valence-corrected chi connectivity index (χ0v) is 19.0. The number of hydrogen-bond donors (Lipinski definition) is 2. The maximum absolute atomic E-state index is 10.8. The van der Waals surface area contributed by atoms with Gasteiger partial charge in [-0.3, -0.25) is 10.1 Å². The standard InChI is InChI=1S/C20H24N4O5.HI/c1-27-11-10-22-20(23-13-16-2-5-17(6-3-16)24(25)26)21-9-8-15-4-7-18-19(12-15)29-14-28-18;/h2-7,12H,8-11,13-14H2,1H3,(H2,21,22,23);1H. The summed E-state index contributed by atoms with van der Waals surface area (Å²) in [6.45, 7) is 2.52. The summed E-state index contributed by atoms with van der Waals surface area (Å²) >= 11 is 0. The van der Waals surface area contributed by atoms with E-state index in [-0.39, 0.29) is 36.5 Å². The summed E-state index contributed by atoms with van der Waals surface area (Å²) in [7, 11) is 1.64. The third-order valence-electron chi connectivity index (χ3n) is 4.31. The average molecular weight is 528 g/mol. The van der Waals surface area contributed by atoms with Crippen LogP contribution in [-0.4, -0.2) is 44.5 Å². The normalized spacial score (nSPS) is 12.2. The van der Waals surface area contributed by atoms with Crippen LogP contribution in [0.5, 0.6) is 11.5 Å². The molecule has 0 bridgehead atoms. The minimum atomic E-state index is -0.414. The van der Waals surface area contributed by atoms with Crippen LogP contribution >= 0.6 is 24.0 Å². The topological polar surface area (TPSA) is 107 Å². The Morgan fingerprint density at radius 1 is 1.10 bits per heavy atom. The van der Waals surface area contributed by atoms with Crippen molar-refractivity contribution in [1.82, 2.24) is 10.6 Å². The largest absolute Gasteiger partial charge is 0.454 e. The van der Waals surface area contributed by atoms with E-state index in [2.05, 4.69) is 15.6 Å². The number of halogens is 1. The van der Waals surface area contributed by atoms with Crippen molar-refractivity contribution in [2.24, 2.45) is 4.99 Å². The van der Waals surface area contributed by atoms with E-state index in [1.54, 1.807) is 19.2 Å². The summed E-state index contributed by atoms with van der Waals surface area (Å²) in [5, 5.41) is 17.3. The third-order valence-corrected chi connectivity index (χ3v) is 4.31. The molecular weight excluding hydrogens is 503 g/mol. The second-order valence-corrected chi connectivity index (χ2v) is 6.37. The lowest BCUT2D eigenvalue weighted by atomic mass is 10.1. The average Bonchev–Trinajstić information content (AvgIpc) is 3.20. The van der Waals surface area contributed by atoms with Crippen LogP contribution < -0.4 is 20.1 Å². The molecule has 2 aromatic rings. The van der Waals surface area contributed by atoms with E-state index in [4.69, 9.17) is 14.2 Å². The van der Waals surface area contributed by atoms with Crippen molar-refractivity contribution >= 4 is 35.6 Å². The molecule has 0 radical (unpaired) electrons. The van der Waals surface area contributed by atoms with Crippen molar-refractivity contribution < 1.29 is 19.1 Å². The molecule has 0 saturated heterocycles. The molecule has 0 aromatic heterocycles. The molecule has 0 aliphatic carbocycles. The highest BCUT2D eigenvalue weighted by Crippen LogP contribution is 2.32. The van der Waals surface area contributed by atoms with Crippen molar-refractivity contribution in [3.8, 4) is 11.5 Å². The van der Waals surface area contributed by atoms with Gasteiger partial charge in [-0.25, -0.2) is 4.99 Å². The van der Waals surface area contributed by atoms with E-state index >= 15 is 0 Å². The van der Waals surface area contributed by atoms with Crippen molar-refractivity contribution in [1.29, 1.82) is 0 Å². The first-order valence-corrected chi connectivity index (χ1v) is 9.28. The van der Waals surface area contributed by atoms with E-state index in [0.29, 0.717) is 32.2 Å². The van der Waals surface area contributed by atoms with Gasteiger partial charge in [-0.1, -0.05) is 18.2 Å². The highest BCUT2D eigenvalue weighted by atomic mass is 127. The molecule has 0 fully saturated rings. The molecule has 162 valence electrons. The van der Waals surface area contributed by atoms with E-state index < -0.39 is 4.92 Å². The van der Waals surface area contributed by atoms with Gasteiger partial charge in [0, 0.05) is 32.3 Å². The summed E-state index contributed by atoms with van der Waals surface area (Å²) in [5.41, 5.74) is 2.09. The molecule has 1 aliphatic heterocycles. The number of nitro groups is 1. The fraction of sp³-hybridized carbons (Fsp3) is 0.350. The number of rotatable bonds is 9. The molecule has 0 unspecified atom stereocenters. The van der Waals surface area contributed by atoms with Crippen LogP contribution in [0.25, 0.3) is 0 Å². The molecule has 2 aromatic carbocycles. The number of nitrogens with one attached hydrogen (secondary N) is 2. The Labute approximate surface area is 192 Å². The van der Waals surface area contributed by atoms with Crippen LogP contribution in [0.15, 0.2) is 47.5 Å². The van der Waals surface area contributed by atoms with E-state index in [1.165, 1.54) is 12.1 Å². The zero-order chi connectivity index (χ0) is 20.5. The Kier molecular flexibility index (Phi) is 9.61. The summed E-state index contributed by atoms with van der Waals surface area (Å²) in [5.74, 6) is 2.20. The summed E-state index contributed by atoms with van der Waals surface area (Å²) < 4.78 is 15.8. The molecule has 1 aliphatic rings. The first-order chi connectivity index (χ1) is 14.2. The third kappa shape index (κ3) is 7.02. The number of methoxy groups -OCH3 is 1. The molecule has 1 heterocycles. The van der Waals surface area contributed by atoms with Crippen LogP contribution in [0.3, 0.4) is 0 Å². The zero-order valence-electron chi connectivity index (χ0n) is 16.6. The van der Waals surface area contributed by atoms with Crippen molar-refractivity contribution in [2.45, 2.75) is 13.0 Å². The lowest BCUT2D eigenvalue weighted by Crippen LogP contribution is -2.40. The van der Waals surface area contributed by atoms with E-state index in [9.17, 15) is 10.1 Å². The number of hydrogen-bond acceptors (Lipinski definition) is 6. The quantitative estimate of drug-likeness (QED) is 0.129. The second kappa shape index (κ2) is 12.2. The fourth-order valence-electron chi connectivity index (χ4n) is 2.76. The van der Waals surface area contributed by atoms with Gasteiger partial charge in [-0.2, -0.15) is 0 Å². The monoisotopic (exact) mass is 528 g/mol. The van der Waals surface area contributed by atoms with E-state index in [1.807, 2.05) is 18.2 Å². The van der Waals surface area contributed by atoms with Gasteiger partial charge in [0.2, 0.25) is 6.79 Å². The Bertz CT molecular complexity index is 861. The summed E-state index contributed by atoms with van der Waals surface area (Å²) in [6.07, 6.45) is 0.791. The van der Waals surface area contributed by atoms with Gasteiger partial charge in [-0.15, -0.1) is 24.0 Å². The fourth-order valence-corrected chi connectivity index (χ4v) is 2.76. The molecule has 10 heteroatoms. The first-order valence-electron chi connectivity index (χ1n) is 9.28. The van der Waals surface area contributed by atoms with Crippen LogP contribution in [-0.2, 0) is 17.7 Å². The lowest BCUT2D eigenvalue weighted by Gasteiger charge is -2.12. The Morgan fingerprint density at radius 2 is 1.80 bits per heavy atom. The van der Waals surface area contributed by atoms with Crippen LogP contribution in [0.2, 0.25) is 0 Å². The second-order valence-electron chi connectivity index (χ2n) is 6.37. The molecule has 9 nitrogen and oxygen atoms in total. The minimum Gasteiger partial charge on any atom is -0.454 e. The molecule has 30 heavy (non-hydrogen) atoms. The molecule has 0 spiro atoms. The highest BCUT2D eigenvalue weighted by molar-refractivity contribution is 14.0. The number of non-ortho nitro benzene ring substituents is 1. The Balaban J connectivity index is 0.00000320. The van der Waals surface area contributed by atoms with Crippen molar-refractivity contribution in [2.75, 3.05) is 33.6 Å². The predicted molar refractivity (Wildman–Crippen MR) is 124 cm³/mol. The first kappa shape index (κ1) is 23.7. The number of benzene rings is 2. The van der Waals surface area contributed by atoms with Gasteiger partial charge in [0.25, 0.3) is 5.69 Å². The van der Waals surface area contributed by atoms with Gasteiger partial charge in [0.15, 0.2) is 17.5 Å². The van der Waals surface area contributed by atoms with Crippen molar-refractivity contribution in [3.05, 3.63) is 63.7 Å². The maximum Gasteiger partial charge on any atom is 0.269 e. The summed E-state index contributed by atoms with van der Waals surface area (Å²) in [6, 6.07) is 12.3. The van der Waals surface area contributed by atoms with Gasteiger partial charge in [-0.05, 0) is 29.7 Å².